The lowest BCUT2D eigenvalue weighted by molar-refractivity contribution is -0.147. The van der Waals surface area contributed by atoms with Crippen LogP contribution in [-0.4, -0.2) is 72.1 Å². The number of hydrogen-bond donors (Lipinski definition) is 3. The van der Waals surface area contributed by atoms with Crippen molar-refractivity contribution in [1.82, 2.24) is 10.2 Å². The predicted molar refractivity (Wildman–Crippen MR) is 56.3 cm³/mol. The van der Waals surface area contributed by atoms with Gasteiger partial charge in [0.15, 0.2) is 0 Å². The van der Waals surface area contributed by atoms with Gasteiger partial charge in [-0.3, -0.25) is 9.69 Å². The molecule has 0 aliphatic carbocycles. The van der Waals surface area contributed by atoms with Crippen LogP contribution in [0.15, 0.2) is 0 Å². The number of carboxylic acids is 1. The van der Waals surface area contributed by atoms with Gasteiger partial charge in [-0.25, -0.2) is 0 Å². The fourth-order valence-corrected chi connectivity index (χ4v) is 2.56. The van der Waals surface area contributed by atoms with Crippen molar-refractivity contribution >= 4 is 5.97 Å². The van der Waals surface area contributed by atoms with Crippen LogP contribution in [0.5, 0.6) is 0 Å². The van der Waals surface area contributed by atoms with Gasteiger partial charge in [0.2, 0.25) is 0 Å². The van der Waals surface area contributed by atoms with Crippen LogP contribution < -0.4 is 5.32 Å². The first-order valence-electron chi connectivity index (χ1n) is 5.56. The van der Waals surface area contributed by atoms with Crippen molar-refractivity contribution in [1.29, 1.82) is 0 Å². The van der Waals surface area contributed by atoms with Crippen LogP contribution in [0, 0.1) is 0 Å². The number of carbonyl (C=O) groups is 1. The molecule has 6 nitrogen and oxygen atoms in total. The molecule has 6 heteroatoms. The van der Waals surface area contributed by atoms with Crippen molar-refractivity contribution in [3.05, 3.63) is 0 Å². The number of carboxylic acid groups (broad SMARTS) is 1. The van der Waals surface area contributed by atoms with E-state index in [2.05, 4.69) is 10.2 Å². The molecule has 2 rings (SSSR count). The fourth-order valence-electron chi connectivity index (χ4n) is 2.56. The first-order chi connectivity index (χ1) is 7.68. The minimum atomic E-state index is -0.787. The zero-order valence-electron chi connectivity index (χ0n) is 9.19. The number of aliphatic carboxylic acids is 1. The molecule has 1 atom stereocenters. The molecule has 0 saturated carbocycles. The highest BCUT2D eigenvalue weighted by Gasteiger charge is 2.47. The van der Waals surface area contributed by atoms with E-state index in [9.17, 15) is 9.90 Å². The van der Waals surface area contributed by atoms with Gasteiger partial charge in [0.1, 0.15) is 0 Å². The van der Waals surface area contributed by atoms with E-state index in [1.54, 1.807) is 0 Å². The average molecular weight is 230 g/mol. The molecular weight excluding hydrogens is 212 g/mol. The molecule has 2 aliphatic heterocycles. The molecule has 2 aliphatic rings. The summed E-state index contributed by atoms with van der Waals surface area (Å²) < 4.78 is 5.30. The monoisotopic (exact) mass is 230 g/mol. The number of nitrogens with one attached hydrogen (secondary N) is 1. The van der Waals surface area contributed by atoms with Crippen LogP contribution in [0.2, 0.25) is 0 Å². The van der Waals surface area contributed by atoms with E-state index in [-0.39, 0.29) is 24.6 Å². The molecule has 2 saturated heterocycles. The van der Waals surface area contributed by atoms with Crippen molar-refractivity contribution in [2.45, 2.75) is 18.0 Å². The molecule has 0 aromatic heterocycles. The second-order valence-corrected chi connectivity index (χ2v) is 4.50. The van der Waals surface area contributed by atoms with Gasteiger partial charge in [0.25, 0.3) is 0 Å². The highest BCUT2D eigenvalue weighted by molar-refractivity contribution is 5.69. The molecule has 0 aromatic rings. The van der Waals surface area contributed by atoms with Crippen molar-refractivity contribution in [2.24, 2.45) is 0 Å². The summed E-state index contributed by atoms with van der Waals surface area (Å²) in [7, 11) is 0. The van der Waals surface area contributed by atoms with Crippen molar-refractivity contribution in [2.75, 3.05) is 39.5 Å². The van der Waals surface area contributed by atoms with Gasteiger partial charge >= 0.3 is 5.97 Å². The highest BCUT2D eigenvalue weighted by atomic mass is 16.5. The normalized spacial score (nSPS) is 29.7. The Morgan fingerprint density at radius 3 is 2.81 bits per heavy atom. The lowest BCUT2D eigenvalue weighted by Crippen LogP contribution is -2.73. The van der Waals surface area contributed by atoms with Gasteiger partial charge in [0.05, 0.1) is 37.8 Å². The highest BCUT2D eigenvalue weighted by Crippen LogP contribution is 2.28. The quantitative estimate of drug-likeness (QED) is 0.545. The Balaban J connectivity index is 2.09. The third-order valence-electron chi connectivity index (χ3n) is 3.44. The van der Waals surface area contributed by atoms with E-state index in [0.29, 0.717) is 32.8 Å². The fraction of sp³-hybridized carbons (Fsp3) is 0.900. The van der Waals surface area contributed by atoms with Crippen molar-refractivity contribution in [3.8, 4) is 0 Å². The molecule has 0 radical (unpaired) electrons. The van der Waals surface area contributed by atoms with Crippen molar-refractivity contribution in [3.63, 3.8) is 0 Å². The summed E-state index contributed by atoms with van der Waals surface area (Å²) >= 11 is 0. The van der Waals surface area contributed by atoms with E-state index < -0.39 is 5.97 Å². The zero-order chi connectivity index (χ0) is 11.6. The molecule has 16 heavy (non-hydrogen) atoms. The summed E-state index contributed by atoms with van der Waals surface area (Å²) in [5, 5.41) is 21.4. The lowest BCUT2D eigenvalue weighted by atomic mass is 9.84. The van der Waals surface area contributed by atoms with Gasteiger partial charge in [-0.1, -0.05) is 0 Å². The molecule has 0 bridgehead atoms. The minimum absolute atomic E-state index is 0.0152. The topological polar surface area (TPSA) is 82.0 Å². The molecule has 0 spiro atoms. The van der Waals surface area contributed by atoms with E-state index in [0.717, 1.165) is 0 Å². The second-order valence-electron chi connectivity index (χ2n) is 4.50. The van der Waals surface area contributed by atoms with Crippen LogP contribution in [0.25, 0.3) is 0 Å². The summed E-state index contributed by atoms with van der Waals surface area (Å²) in [6.07, 6.45) is 0.122. The second kappa shape index (κ2) is 4.67. The van der Waals surface area contributed by atoms with Gasteiger partial charge in [-0.15, -0.1) is 0 Å². The third-order valence-corrected chi connectivity index (χ3v) is 3.44. The maximum absolute atomic E-state index is 10.9. The number of morpholine rings is 1. The standard InChI is InChI=1S/C10H18N2O4/c13-4-8-5-16-2-1-12(8)10(3-9(14)15)6-11-7-10/h8,11,13H,1-7H2,(H,14,15). The van der Waals surface area contributed by atoms with Gasteiger partial charge in [-0.05, 0) is 0 Å². The van der Waals surface area contributed by atoms with E-state index >= 15 is 0 Å². The van der Waals surface area contributed by atoms with Crippen molar-refractivity contribution < 1.29 is 19.7 Å². The number of rotatable bonds is 4. The summed E-state index contributed by atoms with van der Waals surface area (Å²) in [4.78, 5) is 13.0. The van der Waals surface area contributed by atoms with E-state index in [4.69, 9.17) is 9.84 Å². The van der Waals surface area contributed by atoms with Crippen LogP contribution >= 0.6 is 0 Å². The minimum Gasteiger partial charge on any atom is -0.481 e. The Hall–Kier alpha value is -0.690. The number of aliphatic hydroxyl groups excluding tert-OH is 1. The van der Waals surface area contributed by atoms with Gasteiger partial charge in [0, 0.05) is 19.6 Å². The molecule has 1 unspecified atom stereocenters. The average Bonchev–Trinajstić information content (AvgIpc) is 2.23. The number of ether oxygens (including phenoxy) is 1. The largest absolute Gasteiger partial charge is 0.481 e. The first kappa shape index (κ1) is 11.8. The Morgan fingerprint density at radius 2 is 2.31 bits per heavy atom. The maximum Gasteiger partial charge on any atom is 0.305 e. The first-order valence-corrected chi connectivity index (χ1v) is 5.56. The Bertz CT molecular complexity index is 268. The molecular formula is C10H18N2O4. The Morgan fingerprint density at radius 1 is 1.56 bits per heavy atom. The van der Waals surface area contributed by atoms with Crippen LogP contribution in [0.3, 0.4) is 0 Å². The number of aliphatic hydroxyl groups is 1. The Kier molecular flexibility index (Phi) is 3.44. The Labute approximate surface area is 94.2 Å². The molecule has 92 valence electrons. The number of nitrogens with zero attached hydrogens (tertiary/aromatic N) is 1. The SMILES string of the molecule is O=C(O)CC1(N2CCOCC2CO)CNC1. The van der Waals surface area contributed by atoms with Gasteiger partial charge < -0.3 is 20.3 Å². The smallest absolute Gasteiger partial charge is 0.305 e. The third kappa shape index (κ3) is 2.06. The summed E-state index contributed by atoms with van der Waals surface area (Å²) in [6, 6.07) is -0.0739. The summed E-state index contributed by atoms with van der Waals surface area (Å²) in [5.41, 5.74) is -0.330. The van der Waals surface area contributed by atoms with Crippen LogP contribution in [0.4, 0.5) is 0 Å². The maximum atomic E-state index is 10.9. The molecule has 3 N–H and O–H groups in total. The molecule has 0 amide bonds. The van der Waals surface area contributed by atoms with E-state index in [1.165, 1.54) is 0 Å². The molecule has 0 aromatic carbocycles. The summed E-state index contributed by atoms with van der Waals surface area (Å²) in [5.74, 6) is -0.787. The number of hydrogen-bond acceptors (Lipinski definition) is 5. The molecule has 2 fully saturated rings. The lowest BCUT2D eigenvalue weighted by Gasteiger charge is -2.54. The van der Waals surface area contributed by atoms with Crippen LogP contribution in [-0.2, 0) is 9.53 Å². The molecule has 2 heterocycles. The summed E-state index contributed by atoms with van der Waals surface area (Å²) in [6.45, 7) is 3.16. The predicted octanol–water partition coefficient (Wildman–Crippen LogP) is -1.50. The van der Waals surface area contributed by atoms with Gasteiger partial charge in [-0.2, -0.15) is 0 Å². The zero-order valence-corrected chi connectivity index (χ0v) is 9.19. The van der Waals surface area contributed by atoms with E-state index in [1.807, 2.05) is 0 Å². The van der Waals surface area contributed by atoms with Crippen LogP contribution in [0.1, 0.15) is 6.42 Å².